The fourth-order valence-electron chi connectivity index (χ4n) is 2.08. The molecule has 0 atom stereocenters. The molecule has 0 aliphatic carbocycles. The molecule has 0 N–H and O–H groups in total. The van der Waals surface area contributed by atoms with E-state index in [2.05, 4.69) is 9.97 Å². The van der Waals surface area contributed by atoms with E-state index in [4.69, 9.17) is 9.15 Å². The molecule has 0 aliphatic heterocycles. The summed E-state index contributed by atoms with van der Waals surface area (Å²) in [5, 5.41) is 2.85. The third-order valence-electron chi connectivity index (χ3n) is 3.26. The number of thiazole rings is 1. The molecule has 0 bridgehead atoms. The lowest BCUT2D eigenvalue weighted by Crippen LogP contribution is -2.26. The van der Waals surface area contributed by atoms with Crippen LogP contribution in [0.25, 0.3) is 0 Å². The van der Waals surface area contributed by atoms with Crippen LogP contribution < -0.4 is 4.74 Å². The molecular weight excluding hydrogens is 326 g/mol. The minimum absolute atomic E-state index is 0.173. The van der Waals surface area contributed by atoms with Crippen molar-refractivity contribution in [2.75, 3.05) is 7.05 Å². The molecule has 0 spiro atoms. The topological polar surface area (TPSA) is 68.5 Å². The SMILES string of the molecule is Cc1csc(CN(C)C(=O)c2coc(COc3ccccc3)n2)n1. The van der Waals surface area contributed by atoms with E-state index in [1.54, 1.807) is 11.9 Å². The highest BCUT2D eigenvalue weighted by atomic mass is 32.1. The van der Waals surface area contributed by atoms with E-state index in [0.29, 0.717) is 12.4 Å². The quantitative estimate of drug-likeness (QED) is 0.687. The Labute approximate surface area is 143 Å². The largest absolute Gasteiger partial charge is 0.484 e. The van der Waals surface area contributed by atoms with Crippen LogP contribution in [0.4, 0.5) is 0 Å². The third kappa shape index (κ3) is 3.99. The summed E-state index contributed by atoms with van der Waals surface area (Å²) in [4.78, 5) is 22.5. The van der Waals surface area contributed by atoms with Crippen LogP contribution in [0, 0.1) is 6.92 Å². The first-order valence-corrected chi connectivity index (χ1v) is 8.28. The van der Waals surface area contributed by atoms with Crippen molar-refractivity contribution in [1.82, 2.24) is 14.9 Å². The predicted molar refractivity (Wildman–Crippen MR) is 89.9 cm³/mol. The molecule has 1 aromatic carbocycles. The first-order valence-electron chi connectivity index (χ1n) is 7.40. The molecule has 3 rings (SSSR count). The number of nitrogens with zero attached hydrogens (tertiary/aromatic N) is 3. The van der Waals surface area contributed by atoms with Crippen molar-refractivity contribution in [2.24, 2.45) is 0 Å². The second-order valence-electron chi connectivity index (χ2n) is 5.27. The van der Waals surface area contributed by atoms with Crippen LogP contribution in [0.15, 0.2) is 46.4 Å². The number of ether oxygens (including phenoxy) is 1. The number of aromatic nitrogens is 2. The summed E-state index contributed by atoms with van der Waals surface area (Å²) in [6.45, 7) is 2.55. The van der Waals surface area contributed by atoms with E-state index in [0.717, 1.165) is 16.5 Å². The maximum absolute atomic E-state index is 12.4. The second-order valence-corrected chi connectivity index (χ2v) is 6.21. The van der Waals surface area contributed by atoms with Crippen molar-refractivity contribution in [3.8, 4) is 5.75 Å². The Kier molecular flexibility index (Phi) is 4.90. The number of hydrogen-bond acceptors (Lipinski definition) is 6. The Morgan fingerprint density at radius 3 is 2.79 bits per heavy atom. The average molecular weight is 343 g/mol. The maximum Gasteiger partial charge on any atom is 0.275 e. The molecule has 124 valence electrons. The molecule has 2 heterocycles. The second kappa shape index (κ2) is 7.27. The van der Waals surface area contributed by atoms with Crippen molar-refractivity contribution in [3.05, 3.63) is 64.3 Å². The number of carbonyl (C=O) groups is 1. The van der Waals surface area contributed by atoms with E-state index >= 15 is 0 Å². The Morgan fingerprint density at radius 2 is 2.08 bits per heavy atom. The first-order chi connectivity index (χ1) is 11.6. The minimum Gasteiger partial charge on any atom is -0.484 e. The lowest BCUT2D eigenvalue weighted by Gasteiger charge is -2.13. The molecule has 6 nitrogen and oxygen atoms in total. The third-order valence-corrected chi connectivity index (χ3v) is 4.21. The zero-order chi connectivity index (χ0) is 16.9. The van der Waals surface area contributed by atoms with Crippen molar-refractivity contribution >= 4 is 17.2 Å². The molecule has 0 aliphatic rings. The molecule has 0 unspecified atom stereocenters. The van der Waals surface area contributed by atoms with Gasteiger partial charge in [-0.05, 0) is 19.1 Å². The van der Waals surface area contributed by atoms with E-state index in [-0.39, 0.29) is 18.2 Å². The van der Waals surface area contributed by atoms with Crippen molar-refractivity contribution in [2.45, 2.75) is 20.1 Å². The minimum atomic E-state index is -0.211. The summed E-state index contributed by atoms with van der Waals surface area (Å²) < 4.78 is 10.9. The summed E-state index contributed by atoms with van der Waals surface area (Å²) in [6, 6.07) is 9.37. The number of oxazole rings is 1. The molecule has 0 radical (unpaired) electrons. The average Bonchev–Trinajstić information content (AvgIpc) is 3.22. The highest BCUT2D eigenvalue weighted by Crippen LogP contribution is 2.14. The number of benzene rings is 1. The van der Waals surface area contributed by atoms with Gasteiger partial charge in [0.2, 0.25) is 5.89 Å². The van der Waals surface area contributed by atoms with Gasteiger partial charge in [0.15, 0.2) is 12.3 Å². The van der Waals surface area contributed by atoms with Gasteiger partial charge in [-0.3, -0.25) is 4.79 Å². The maximum atomic E-state index is 12.4. The van der Waals surface area contributed by atoms with Gasteiger partial charge < -0.3 is 14.1 Å². The molecule has 7 heteroatoms. The van der Waals surface area contributed by atoms with Crippen LogP contribution in [0.3, 0.4) is 0 Å². The summed E-state index contributed by atoms with van der Waals surface area (Å²) in [5.41, 5.74) is 1.22. The van der Waals surface area contributed by atoms with E-state index in [1.807, 2.05) is 42.6 Å². The van der Waals surface area contributed by atoms with Crippen LogP contribution in [0.5, 0.6) is 5.75 Å². The number of rotatable bonds is 6. The normalized spacial score (nSPS) is 10.6. The van der Waals surface area contributed by atoms with Gasteiger partial charge in [0.1, 0.15) is 17.0 Å². The Morgan fingerprint density at radius 1 is 1.29 bits per heavy atom. The Bertz CT molecular complexity index is 813. The lowest BCUT2D eigenvalue weighted by molar-refractivity contribution is 0.0779. The predicted octanol–water partition coefficient (Wildman–Crippen LogP) is 3.29. The van der Waals surface area contributed by atoms with Crippen LogP contribution in [0.2, 0.25) is 0 Å². The summed E-state index contributed by atoms with van der Waals surface area (Å²) in [7, 11) is 1.72. The van der Waals surface area contributed by atoms with Gasteiger partial charge in [-0.1, -0.05) is 18.2 Å². The van der Waals surface area contributed by atoms with E-state index < -0.39 is 0 Å². The van der Waals surface area contributed by atoms with Crippen molar-refractivity contribution in [3.63, 3.8) is 0 Å². The fraction of sp³-hybridized carbons (Fsp3) is 0.235. The number of hydrogen-bond donors (Lipinski definition) is 0. The van der Waals surface area contributed by atoms with Gasteiger partial charge in [0, 0.05) is 18.1 Å². The van der Waals surface area contributed by atoms with Gasteiger partial charge in [-0.2, -0.15) is 0 Å². The highest BCUT2D eigenvalue weighted by Gasteiger charge is 2.18. The molecule has 24 heavy (non-hydrogen) atoms. The number of carbonyl (C=O) groups excluding carboxylic acids is 1. The monoisotopic (exact) mass is 343 g/mol. The first kappa shape index (κ1) is 16.2. The molecule has 2 aromatic heterocycles. The highest BCUT2D eigenvalue weighted by molar-refractivity contribution is 7.09. The van der Waals surface area contributed by atoms with E-state index in [1.165, 1.54) is 17.6 Å². The van der Waals surface area contributed by atoms with Crippen molar-refractivity contribution < 1.29 is 13.9 Å². The van der Waals surface area contributed by atoms with Crippen molar-refractivity contribution in [1.29, 1.82) is 0 Å². The molecule has 0 saturated heterocycles. The fourth-order valence-corrected chi connectivity index (χ4v) is 2.91. The van der Waals surface area contributed by atoms with Crippen LogP contribution >= 0.6 is 11.3 Å². The van der Waals surface area contributed by atoms with Gasteiger partial charge in [-0.15, -0.1) is 11.3 Å². The Hall–Kier alpha value is -2.67. The molecule has 3 aromatic rings. The van der Waals surface area contributed by atoms with Crippen LogP contribution in [0.1, 0.15) is 27.1 Å². The number of aryl methyl sites for hydroxylation is 1. The van der Waals surface area contributed by atoms with Gasteiger partial charge in [0.05, 0.1) is 6.54 Å². The zero-order valence-corrected chi connectivity index (χ0v) is 14.2. The molecule has 0 fully saturated rings. The lowest BCUT2D eigenvalue weighted by atomic mass is 10.3. The van der Waals surface area contributed by atoms with Gasteiger partial charge in [-0.25, -0.2) is 9.97 Å². The number of amides is 1. The van der Waals surface area contributed by atoms with Gasteiger partial charge >= 0.3 is 0 Å². The van der Waals surface area contributed by atoms with Gasteiger partial charge in [0.25, 0.3) is 5.91 Å². The summed E-state index contributed by atoms with van der Waals surface area (Å²) >= 11 is 1.53. The van der Waals surface area contributed by atoms with Crippen LogP contribution in [-0.2, 0) is 13.2 Å². The molecule has 1 amide bonds. The summed E-state index contributed by atoms with van der Waals surface area (Å²) in [5.74, 6) is 0.873. The smallest absolute Gasteiger partial charge is 0.275 e. The van der Waals surface area contributed by atoms with Crippen LogP contribution in [-0.4, -0.2) is 27.8 Å². The standard InChI is InChI=1S/C17H17N3O3S/c1-12-11-24-16(18-12)8-20(2)17(21)14-9-23-15(19-14)10-22-13-6-4-3-5-7-13/h3-7,9,11H,8,10H2,1-2H3. The molecular formula is C17H17N3O3S. The van der Waals surface area contributed by atoms with E-state index in [9.17, 15) is 4.79 Å². The Balaban J connectivity index is 1.58. The number of para-hydroxylation sites is 1. The molecule has 0 saturated carbocycles. The summed E-state index contributed by atoms with van der Waals surface area (Å²) in [6.07, 6.45) is 1.36. The zero-order valence-electron chi connectivity index (χ0n) is 13.4.